The molecule has 2 rings (SSSR count). The first-order chi connectivity index (χ1) is 10.8. The molecule has 6 nitrogen and oxygen atoms in total. The first-order valence-electron chi connectivity index (χ1n) is 8.23. The van der Waals surface area contributed by atoms with E-state index in [1.54, 1.807) is 7.05 Å². The van der Waals surface area contributed by atoms with E-state index in [1.807, 2.05) is 6.07 Å². The predicted molar refractivity (Wildman–Crippen MR) is 90.5 cm³/mol. The lowest BCUT2D eigenvalue weighted by Crippen LogP contribution is -2.41. The Kier molecular flexibility index (Phi) is 4.98. The highest BCUT2D eigenvalue weighted by molar-refractivity contribution is 5.51. The van der Waals surface area contributed by atoms with Crippen LogP contribution in [0.4, 0.5) is 5.82 Å². The Hall–Kier alpha value is -2.03. The topological polar surface area (TPSA) is 79.8 Å². The molecule has 0 aromatic carbocycles. The minimum Gasteiger partial charge on any atom is -0.370 e. The molecule has 0 radical (unpaired) electrons. The van der Waals surface area contributed by atoms with Crippen molar-refractivity contribution in [3.63, 3.8) is 0 Å². The molecule has 1 N–H and O–H groups in total. The van der Waals surface area contributed by atoms with Crippen molar-refractivity contribution in [2.75, 3.05) is 11.9 Å². The molecule has 126 valence electrons. The van der Waals surface area contributed by atoms with Crippen molar-refractivity contribution in [1.29, 1.82) is 5.26 Å². The summed E-state index contributed by atoms with van der Waals surface area (Å²) in [6.45, 7) is 5.05. The summed E-state index contributed by atoms with van der Waals surface area (Å²) in [6.07, 6.45) is 6.27. The minimum absolute atomic E-state index is 0.00551. The first-order valence-corrected chi connectivity index (χ1v) is 8.23. The third-order valence-corrected chi connectivity index (χ3v) is 5.20. The quantitative estimate of drug-likeness (QED) is 0.920. The molecule has 0 aliphatic heterocycles. The molecule has 0 amide bonds. The van der Waals surface area contributed by atoms with Crippen molar-refractivity contribution in [1.82, 2.24) is 9.13 Å². The maximum Gasteiger partial charge on any atom is 0.332 e. The van der Waals surface area contributed by atoms with Crippen molar-refractivity contribution in [3.8, 4) is 6.07 Å². The van der Waals surface area contributed by atoms with Gasteiger partial charge in [-0.2, -0.15) is 5.26 Å². The van der Waals surface area contributed by atoms with Crippen LogP contribution in [0.2, 0.25) is 0 Å². The zero-order valence-corrected chi connectivity index (χ0v) is 14.5. The number of anilines is 1. The Labute approximate surface area is 136 Å². The van der Waals surface area contributed by atoms with E-state index in [-0.39, 0.29) is 11.0 Å². The molecule has 0 bridgehead atoms. The van der Waals surface area contributed by atoms with E-state index in [0.717, 1.165) is 4.57 Å². The molecule has 23 heavy (non-hydrogen) atoms. The lowest BCUT2D eigenvalue weighted by molar-refractivity contribution is 0.171. The van der Waals surface area contributed by atoms with Crippen molar-refractivity contribution < 1.29 is 0 Å². The molecule has 1 heterocycles. The second-order valence-electron chi connectivity index (χ2n) is 7.22. The highest BCUT2D eigenvalue weighted by Crippen LogP contribution is 2.38. The first kappa shape index (κ1) is 17.3. The number of nitrogens with zero attached hydrogens (tertiary/aromatic N) is 3. The molecular weight excluding hydrogens is 292 g/mol. The number of hydrogen-bond donors (Lipinski definition) is 1. The number of hydrogen-bond acceptors (Lipinski definition) is 4. The summed E-state index contributed by atoms with van der Waals surface area (Å²) in [6, 6.07) is 1.93. The van der Waals surface area contributed by atoms with Gasteiger partial charge in [0, 0.05) is 20.6 Å². The summed E-state index contributed by atoms with van der Waals surface area (Å²) < 4.78 is 2.31. The fraction of sp³-hybridized carbons (Fsp3) is 0.706. The van der Waals surface area contributed by atoms with Crippen LogP contribution in [0.15, 0.2) is 9.59 Å². The van der Waals surface area contributed by atoms with E-state index in [9.17, 15) is 14.9 Å². The predicted octanol–water partition coefficient (Wildman–Crippen LogP) is 1.97. The van der Waals surface area contributed by atoms with Gasteiger partial charge in [0.05, 0.1) is 0 Å². The van der Waals surface area contributed by atoms with Crippen LogP contribution < -0.4 is 16.6 Å². The zero-order chi connectivity index (χ0) is 17.2. The van der Waals surface area contributed by atoms with Gasteiger partial charge < -0.3 is 5.32 Å². The van der Waals surface area contributed by atoms with Crippen LogP contribution in [0.25, 0.3) is 0 Å². The van der Waals surface area contributed by atoms with Gasteiger partial charge in [-0.15, -0.1) is 0 Å². The smallest absolute Gasteiger partial charge is 0.332 e. The minimum atomic E-state index is -0.548. The lowest BCUT2D eigenvalue weighted by atomic mass is 9.71. The highest BCUT2D eigenvalue weighted by atomic mass is 16.2. The van der Waals surface area contributed by atoms with E-state index in [1.165, 1.54) is 43.7 Å². The summed E-state index contributed by atoms with van der Waals surface area (Å²) in [4.78, 5) is 24.2. The molecule has 0 atom stereocenters. The summed E-state index contributed by atoms with van der Waals surface area (Å²) in [5.74, 6) is 0.947. The normalized spacial score (nSPS) is 16.1. The maximum atomic E-state index is 12.1. The number of nitriles is 1. The Morgan fingerprint density at radius 2 is 1.78 bits per heavy atom. The van der Waals surface area contributed by atoms with E-state index in [2.05, 4.69) is 19.2 Å². The van der Waals surface area contributed by atoms with Crippen LogP contribution in [-0.4, -0.2) is 15.7 Å². The molecule has 6 heteroatoms. The molecule has 1 fully saturated rings. The second-order valence-corrected chi connectivity index (χ2v) is 7.22. The fourth-order valence-electron chi connectivity index (χ4n) is 3.49. The van der Waals surface area contributed by atoms with Crippen LogP contribution in [0.1, 0.15) is 51.5 Å². The van der Waals surface area contributed by atoms with Crippen molar-refractivity contribution >= 4 is 5.82 Å². The van der Waals surface area contributed by atoms with Crippen molar-refractivity contribution in [2.45, 2.75) is 46.0 Å². The van der Waals surface area contributed by atoms with Gasteiger partial charge in [-0.3, -0.25) is 13.9 Å². The Bertz CT molecular complexity index is 731. The Morgan fingerprint density at radius 3 is 2.35 bits per heavy atom. The number of aromatic nitrogens is 2. The molecule has 0 unspecified atom stereocenters. The van der Waals surface area contributed by atoms with Gasteiger partial charge in [0.15, 0.2) is 5.56 Å². The van der Waals surface area contributed by atoms with Crippen LogP contribution in [0.5, 0.6) is 0 Å². The number of rotatable bonds is 4. The molecule has 1 aliphatic rings. The van der Waals surface area contributed by atoms with Crippen molar-refractivity contribution in [3.05, 3.63) is 26.4 Å². The maximum absolute atomic E-state index is 12.1. The van der Waals surface area contributed by atoms with Crippen LogP contribution in [-0.2, 0) is 14.1 Å². The molecule has 1 aromatic rings. The van der Waals surface area contributed by atoms with Gasteiger partial charge in [0.25, 0.3) is 5.56 Å². The van der Waals surface area contributed by atoms with Gasteiger partial charge in [0.1, 0.15) is 11.9 Å². The van der Waals surface area contributed by atoms with Gasteiger partial charge in [-0.05, 0) is 24.2 Å². The molecular formula is C17H26N4O2. The molecule has 1 aliphatic carbocycles. The largest absolute Gasteiger partial charge is 0.370 e. The summed E-state index contributed by atoms with van der Waals surface area (Å²) in [5.41, 5.74) is -0.931. The fourth-order valence-corrected chi connectivity index (χ4v) is 3.49. The Balaban J connectivity index is 2.29. The monoisotopic (exact) mass is 318 g/mol. The molecule has 1 saturated carbocycles. The summed E-state index contributed by atoms with van der Waals surface area (Å²) in [5, 5.41) is 12.5. The van der Waals surface area contributed by atoms with Crippen molar-refractivity contribution in [2.24, 2.45) is 25.4 Å². The summed E-state index contributed by atoms with van der Waals surface area (Å²) in [7, 11) is 2.97. The summed E-state index contributed by atoms with van der Waals surface area (Å²) >= 11 is 0. The van der Waals surface area contributed by atoms with E-state index in [0.29, 0.717) is 18.3 Å². The van der Waals surface area contributed by atoms with E-state index >= 15 is 0 Å². The lowest BCUT2D eigenvalue weighted by Gasteiger charge is -2.37. The third kappa shape index (κ3) is 3.34. The Morgan fingerprint density at radius 1 is 1.17 bits per heavy atom. The highest BCUT2D eigenvalue weighted by Gasteiger charge is 2.31. The van der Waals surface area contributed by atoms with Gasteiger partial charge in [0.2, 0.25) is 0 Å². The molecule has 1 aromatic heterocycles. The molecule has 0 saturated heterocycles. The molecule has 0 spiro atoms. The van der Waals surface area contributed by atoms with Gasteiger partial charge >= 0.3 is 5.69 Å². The average molecular weight is 318 g/mol. The van der Waals surface area contributed by atoms with Crippen LogP contribution >= 0.6 is 0 Å². The van der Waals surface area contributed by atoms with E-state index < -0.39 is 11.2 Å². The number of nitrogens with one attached hydrogen (secondary N) is 1. The van der Waals surface area contributed by atoms with Gasteiger partial charge in [-0.25, -0.2) is 4.79 Å². The standard InChI is InChI=1S/C17H26N4O2/c1-17(2,12-8-6-5-7-9-12)11-19-14-13(10-18)15(22)21(4)16(23)20(14)3/h12,19H,5-9,11H2,1-4H3. The van der Waals surface area contributed by atoms with Crippen LogP contribution in [0.3, 0.4) is 0 Å². The SMILES string of the molecule is Cn1c(NCC(C)(C)C2CCCCC2)c(C#N)c(=O)n(C)c1=O. The van der Waals surface area contributed by atoms with Gasteiger partial charge in [-0.1, -0.05) is 33.1 Å². The van der Waals surface area contributed by atoms with Crippen LogP contribution in [0, 0.1) is 22.7 Å². The van der Waals surface area contributed by atoms with E-state index in [4.69, 9.17) is 0 Å². The zero-order valence-electron chi connectivity index (χ0n) is 14.5. The third-order valence-electron chi connectivity index (χ3n) is 5.20. The average Bonchev–Trinajstić information content (AvgIpc) is 2.55. The second kappa shape index (κ2) is 6.61.